The summed E-state index contributed by atoms with van der Waals surface area (Å²) in [7, 11) is 0. The summed E-state index contributed by atoms with van der Waals surface area (Å²) in [5, 5.41) is 4.22. The van der Waals surface area contributed by atoms with Crippen LogP contribution in [0.3, 0.4) is 0 Å². The van der Waals surface area contributed by atoms with Gasteiger partial charge in [0.2, 0.25) is 0 Å². The Kier molecular flexibility index (Phi) is 4.61. The van der Waals surface area contributed by atoms with Crippen molar-refractivity contribution in [2.75, 3.05) is 6.54 Å². The van der Waals surface area contributed by atoms with E-state index in [1.165, 1.54) is 5.56 Å². The number of aromatic nitrogens is 2. The highest BCUT2D eigenvalue weighted by atomic mass is 35.5. The lowest BCUT2D eigenvalue weighted by molar-refractivity contribution is 0.551. The third-order valence-corrected chi connectivity index (χ3v) is 3.23. The summed E-state index contributed by atoms with van der Waals surface area (Å²) in [4.78, 5) is 4.27. The first kappa shape index (κ1) is 14.1. The summed E-state index contributed by atoms with van der Waals surface area (Å²) in [6, 6.07) is 5.98. The Hall–Kier alpha value is -1.32. The fraction of sp³-hybridized carbons (Fsp3) is 0.400. The molecule has 19 heavy (non-hydrogen) atoms. The summed E-state index contributed by atoms with van der Waals surface area (Å²) in [5.41, 5.74) is 2.32. The SMILES string of the molecule is Cc1nccn1-c1ccc(Cl)cc1CNCC(C)C. The summed E-state index contributed by atoms with van der Waals surface area (Å²) in [6.07, 6.45) is 3.79. The van der Waals surface area contributed by atoms with E-state index in [9.17, 15) is 0 Å². The molecule has 0 atom stereocenters. The van der Waals surface area contributed by atoms with Crippen LogP contribution in [0, 0.1) is 12.8 Å². The van der Waals surface area contributed by atoms with E-state index in [0.717, 1.165) is 29.6 Å². The number of imidazole rings is 1. The number of hydrogen-bond donors (Lipinski definition) is 1. The van der Waals surface area contributed by atoms with Crippen LogP contribution in [-0.4, -0.2) is 16.1 Å². The van der Waals surface area contributed by atoms with Crippen LogP contribution in [0.5, 0.6) is 0 Å². The van der Waals surface area contributed by atoms with E-state index >= 15 is 0 Å². The summed E-state index contributed by atoms with van der Waals surface area (Å²) < 4.78 is 2.09. The van der Waals surface area contributed by atoms with Crippen molar-refractivity contribution in [3.8, 4) is 5.69 Å². The van der Waals surface area contributed by atoms with Crippen molar-refractivity contribution in [3.05, 3.63) is 47.0 Å². The average molecular weight is 278 g/mol. The molecular formula is C15H20ClN3. The molecule has 0 bridgehead atoms. The Balaban J connectivity index is 2.26. The molecule has 0 saturated heterocycles. The number of benzene rings is 1. The first-order valence-corrected chi connectivity index (χ1v) is 6.95. The molecule has 1 aromatic heterocycles. The fourth-order valence-corrected chi connectivity index (χ4v) is 2.25. The van der Waals surface area contributed by atoms with Gasteiger partial charge in [-0.25, -0.2) is 4.98 Å². The second-order valence-corrected chi connectivity index (χ2v) is 5.58. The van der Waals surface area contributed by atoms with Gasteiger partial charge < -0.3 is 9.88 Å². The summed E-state index contributed by atoms with van der Waals surface area (Å²) in [6.45, 7) is 8.21. The molecule has 1 aromatic carbocycles. The number of nitrogens with one attached hydrogen (secondary N) is 1. The van der Waals surface area contributed by atoms with E-state index in [2.05, 4.69) is 28.7 Å². The van der Waals surface area contributed by atoms with Gasteiger partial charge in [0.05, 0.1) is 5.69 Å². The maximum atomic E-state index is 6.11. The molecule has 0 aliphatic carbocycles. The highest BCUT2D eigenvalue weighted by Gasteiger charge is 2.08. The highest BCUT2D eigenvalue weighted by Crippen LogP contribution is 2.21. The van der Waals surface area contributed by atoms with Crippen molar-refractivity contribution in [3.63, 3.8) is 0 Å². The van der Waals surface area contributed by atoms with Gasteiger partial charge in [0.15, 0.2) is 0 Å². The van der Waals surface area contributed by atoms with Crippen molar-refractivity contribution >= 4 is 11.6 Å². The van der Waals surface area contributed by atoms with Crippen LogP contribution in [0.4, 0.5) is 0 Å². The predicted molar refractivity (Wildman–Crippen MR) is 79.9 cm³/mol. The zero-order valence-corrected chi connectivity index (χ0v) is 12.4. The Labute approximate surface area is 119 Å². The van der Waals surface area contributed by atoms with Crippen LogP contribution in [0.25, 0.3) is 5.69 Å². The van der Waals surface area contributed by atoms with Gasteiger partial charge in [-0.05, 0) is 43.1 Å². The lowest BCUT2D eigenvalue weighted by atomic mass is 10.1. The molecule has 0 aliphatic rings. The molecule has 1 N–H and O–H groups in total. The molecule has 2 rings (SSSR count). The van der Waals surface area contributed by atoms with Gasteiger partial charge in [0, 0.05) is 24.0 Å². The molecule has 3 nitrogen and oxygen atoms in total. The van der Waals surface area contributed by atoms with Gasteiger partial charge in [0.1, 0.15) is 5.82 Å². The molecule has 102 valence electrons. The van der Waals surface area contributed by atoms with Crippen molar-refractivity contribution in [2.45, 2.75) is 27.3 Å². The number of rotatable bonds is 5. The van der Waals surface area contributed by atoms with E-state index < -0.39 is 0 Å². The predicted octanol–water partition coefficient (Wildman–Crippen LogP) is 3.58. The average Bonchev–Trinajstić information content (AvgIpc) is 2.75. The molecule has 1 heterocycles. The maximum Gasteiger partial charge on any atom is 0.110 e. The highest BCUT2D eigenvalue weighted by molar-refractivity contribution is 6.30. The van der Waals surface area contributed by atoms with Gasteiger partial charge in [-0.3, -0.25) is 0 Å². The molecule has 0 unspecified atom stereocenters. The van der Waals surface area contributed by atoms with Crippen LogP contribution in [-0.2, 0) is 6.54 Å². The third kappa shape index (κ3) is 3.58. The largest absolute Gasteiger partial charge is 0.312 e. The normalized spacial score (nSPS) is 11.2. The summed E-state index contributed by atoms with van der Waals surface area (Å²) >= 11 is 6.11. The van der Waals surface area contributed by atoms with Crippen LogP contribution in [0.2, 0.25) is 5.02 Å². The number of hydrogen-bond acceptors (Lipinski definition) is 2. The van der Waals surface area contributed by atoms with Gasteiger partial charge in [-0.1, -0.05) is 25.4 Å². The zero-order chi connectivity index (χ0) is 13.8. The first-order valence-electron chi connectivity index (χ1n) is 6.57. The fourth-order valence-electron chi connectivity index (χ4n) is 2.06. The molecule has 0 fully saturated rings. The molecule has 0 radical (unpaired) electrons. The van der Waals surface area contributed by atoms with E-state index in [1.807, 2.05) is 37.5 Å². The second-order valence-electron chi connectivity index (χ2n) is 5.14. The monoisotopic (exact) mass is 277 g/mol. The van der Waals surface area contributed by atoms with Crippen LogP contribution < -0.4 is 5.32 Å². The minimum absolute atomic E-state index is 0.637. The van der Waals surface area contributed by atoms with Crippen molar-refractivity contribution in [1.29, 1.82) is 0 Å². The van der Waals surface area contributed by atoms with Gasteiger partial charge in [0.25, 0.3) is 0 Å². The van der Waals surface area contributed by atoms with Gasteiger partial charge in [-0.15, -0.1) is 0 Å². The topological polar surface area (TPSA) is 29.9 Å². The number of halogens is 1. The van der Waals surface area contributed by atoms with E-state index in [4.69, 9.17) is 11.6 Å². The van der Waals surface area contributed by atoms with Crippen molar-refractivity contribution in [1.82, 2.24) is 14.9 Å². The van der Waals surface area contributed by atoms with Gasteiger partial charge >= 0.3 is 0 Å². The van der Waals surface area contributed by atoms with Crippen molar-refractivity contribution < 1.29 is 0 Å². The molecule has 2 aromatic rings. The molecule has 0 amide bonds. The number of nitrogens with zero attached hydrogens (tertiary/aromatic N) is 2. The molecule has 4 heteroatoms. The van der Waals surface area contributed by atoms with Crippen LogP contribution >= 0.6 is 11.6 Å². The lowest BCUT2D eigenvalue weighted by Gasteiger charge is -2.14. The molecule has 0 spiro atoms. The lowest BCUT2D eigenvalue weighted by Crippen LogP contribution is -2.20. The zero-order valence-electron chi connectivity index (χ0n) is 11.7. The van der Waals surface area contributed by atoms with E-state index in [-0.39, 0.29) is 0 Å². The van der Waals surface area contributed by atoms with Crippen molar-refractivity contribution in [2.24, 2.45) is 5.92 Å². The molecule has 0 saturated carbocycles. The van der Waals surface area contributed by atoms with Crippen LogP contribution in [0.15, 0.2) is 30.6 Å². The van der Waals surface area contributed by atoms with E-state index in [1.54, 1.807) is 0 Å². The Bertz CT molecular complexity index is 546. The van der Waals surface area contributed by atoms with Gasteiger partial charge in [-0.2, -0.15) is 0 Å². The number of aryl methyl sites for hydroxylation is 1. The molecular weight excluding hydrogens is 258 g/mol. The van der Waals surface area contributed by atoms with Crippen LogP contribution in [0.1, 0.15) is 25.2 Å². The Morgan fingerprint density at radius 2 is 2.16 bits per heavy atom. The Morgan fingerprint density at radius 3 is 2.79 bits per heavy atom. The second kappa shape index (κ2) is 6.22. The maximum absolute atomic E-state index is 6.11. The minimum Gasteiger partial charge on any atom is -0.312 e. The Morgan fingerprint density at radius 1 is 1.37 bits per heavy atom. The standard InChI is InChI=1S/C15H20ClN3/c1-11(2)9-17-10-13-8-14(16)4-5-15(13)19-7-6-18-12(19)3/h4-8,11,17H,9-10H2,1-3H3. The molecule has 0 aliphatic heterocycles. The summed E-state index contributed by atoms with van der Waals surface area (Å²) in [5.74, 6) is 1.62. The quantitative estimate of drug-likeness (QED) is 0.905. The third-order valence-electron chi connectivity index (χ3n) is 2.99. The minimum atomic E-state index is 0.637. The first-order chi connectivity index (χ1) is 9.08. The van der Waals surface area contributed by atoms with E-state index in [0.29, 0.717) is 5.92 Å². The smallest absolute Gasteiger partial charge is 0.110 e.